The molecule has 2 fully saturated rings. The lowest BCUT2D eigenvalue weighted by atomic mass is 9.96. The smallest absolute Gasteiger partial charge is 0.340 e. The van der Waals surface area contributed by atoms with Crippen molar-refractivity contribution in [3.05, 3.63) is 11.5 Å². The van der Waals surface area contributed by atoms with Crippen molar-refractivity contribution >= 4 is 49.6 Å². The molecule has 5 atom stereocenters. The zero-order valence-electron chi connectivity index (χ0n) is 27.6. The molecule has 0 spiro atoms. The summed E-state index contributed by atoms with van der Waals surface area (Å²) in [6.07, 6.45) is 1.71. The number of aliphatic hydroxyl groups is 2. The number of nitrogens with one attached hydrogen (secondary N) is 1. The van der Waals surface area contributed by atoms with Crippen LogP contribution in [0.15, 0.2) is 6.20 Å². The summed E-state index contributed by atoms with van der Waals surface area (Å²) in [5.74, 6) is 1.09. The van der Waals surface area contributed by atoms with Gasteiger partial charge in [0.25, 0.3) is 0 Å². The van der Waals surface area contributed by atoms with Crippen molar-refractivity contribution in [1.29, 1.82) is 0 Å². The highest BCUT2D eigenvalue weighted by molar-refractivity contribution is 7.70. The van der Waals surface area contributed by atoms with E-state index in [2.05, 4.69) is 26.3 Å². The Balaban J connectivity index is 1.21. The second-order valence-electron chi connectivity index (χ2n) is 11.6. The molecule has 2 aliphatic rings. The Bertz CT molecular complexity index is 1570. The minimum absolute atomic E-state index is 0.0831. The van der Waals surface area contributed by atoms with E-state index in [1.54, 1.807) is 0 Å². The molecular weight excluding hydrogens is 742 g/mol. The maximum absolute atomic E-state index is 12.8. The SMILES string of the molecule is C#CCOCCOCCOCCOCCNC(=O)C1CCN(c2nc(Cl)nc3c2cnn3[C@@H]2O[C@H](COP(=O)(O)CP(=O)(O)O)[C@@H](O)[C@H]2O)CC1. The van der Waals surface area contributed by atoms with Crippen LogP contribution in [0.1, 0.15) is 19.1 Å². The molecule has 6 N–H and O–H groups in total. The van der Waals surface area contributed by atoms with Gasteiger partial charge in [-0.1, -0.05) is 5.92 Å². The minimum Gasteiger partial charge on any atom is -0.387 e. The van der Waals surface area contributed by atoms with Gasteiger partial charge in [0, 0.05) is 25.6 Å². The maximum Gasteiger partial charge on any atom is 0.340 e. The molecule has 23 heteroatoms. The molecule has 2 aliphatic heterocycles. The first-order valence-electron chi connectivity index (χ1n) is 16.0. The number of aliphatic hydroxyl groups excluding tert-OH is 2. The van der Waals surface area contributed by atoms with Gasteiger partial charge < -0.3 is 63.3 Å². The molecule has 2 aromatic heterocycles. The van der Waals surface area contributed by atoms with E-state index in [0.29, 0.717) is 89.9 Å². The zero-order valence-corrected chi connectivity index (χ0v) is 30.1. The molecule has 51 heavy (non-hydrogen) atoms. The third-order valence-corrected chi connectivity index (χ3v) is 11.4. The fraction of sp³-hybridized carbons (Fsp3) is 0.714. The summed E-state index contributed by atoms with van der Waals surface area (Å²) in [7, 11) is -9.61. The second-order valence-corrected chi connectivity index (χ2v) is 15.9. The number of carbonyl (C=O) groups is 1. The van der Waals surface area contributed by atoms with Crippen LogP contribution in [-0.4, -0.2) is 154 Å². The largest absolute Gasteiger partial charge is 0.387 e. The number of ether oxygens (including phenoxy) is 5. The highest BCUT2D eigenvalue weighted by Gasteiger charge is 2.46. The lowest BCUT2D eigenvalue weighted by molar-refractivity contribution is -0.125. The van der Waals surface area contributed by atoms with Crippen molar-refractivity contribution < 1.29 is 67.0 Å². The number of halogens is 1. The molecule has 2 saturated heterocycles. The number of amides is 1. The summed E-state index contributed by atoms with van der Waals surface area (Å²) in [5, 5.41) is 28.7. The van der Waals surface area contributed by atoms with E-state index in [1.807, 2.05) is 4.90 Å². The summed E-state index contributed by atoms with van der Waals surface area (Å²) in [6.45, 7) is 3.63. The van der Waals surface area contributed by atoms with Crippen LogP contribution in [0.4, 0.5) is 5.82 Å². The van der Waals surface area contributed by atoms with Gasteiger partial charge in [-0.15, -0.1) is 6.42 Å². The predicted molar refractivity (Wildman–Crippen MR) is 179 cm³/mol. The molecule has 0 aliphatic carbocycles. The fourth-order valence-electron chi connectivity index (χ4n) is 5.38. The predicted octanol–water partition coefficient (Wildman–Crippen LogP) is -0.532. The van der Waals surface area contributed by atoms with Crippen LogP contribution in [0.25, 0.3) is 11.0 Å². The molecular formula is C28H43ClN6O14P2. The van der Waals surface area contributed by atoms with Crippen LogP contribution in [0.3, 0.4) is 0 Å². The van der Waals surface area contributed by atoms with Gasteiger partial charge in [-0.25, -0.2) is 4.68 Å². The maximum atomic E-state index is 12.8. The number of hydrogen-bond donors (Lipinski definition) is 6. The van der Waals surface area contributed by atoms with Gasteiger partial charge in [-0.05, 0) is 24.4 Å². The summed E-state index contributed by atoms with van der Waals surface area (Å²) < 4.78 is 56.2. The van der Waals surface area contributed by atoms with Gasteiger partial charge >= 0.3 is 15.2 Å². The van der Waals surface area contributed by atoms with Crippen molar-refractivity contribution in [1.82, 2.24) is 25.1 Å². The Morgan fingerprint density at radius 2 is 1.63 bits per heavy atom. The summed E-state index contributed by atoms with van der Waals surface area (Å²) in [5.41, 5.74) is 0.165. The monoisotopic (exact) mass is 784 g/mol. The van der Waals surface area contributed by atoms with Crippen molar-refractivity contribution in [2.24, 2.45) is 5.92 Å². The van der Waals surface area contributed by atoms with Crippen molar-refractivity contribution in [2.45, 2.75) is 37.4 Å². The molecule has 4 heterocycles. The number of terminal acetylenes is 1. The van der Waals surface area contributed by atoms with Crippen LogP contribution in [-0.2, 0) is 42.1 Å². The number of anilines is 1. The van der Waals surface area contributed by atoms with Gasteiger partial charge in [0.15, 0.2) is 17.8 Å². The van der Waals surface area contributed by atoms with Gasteiger partial charge in [-0.2, -0.15) is 15.1 Å². The zero-order chi connectivity index (χ0) is 37.0. The Labute approximate surface area is 298 Å². The number of nitrogens with zero attached hydrogens (tertiary/aromatic N) is 5. The molecule has 1 unspecified atom stereocenters. The first kappa shape index (κ1) is 41.4. The lowest BCUT2D eigenvalue weighted by Gasteiger charge is -2.32. The number of carbonyl (C=O) groups excluding carboxylic acids is 1. The van der Waals surface area contributed by atoms with E-state index in [-0.39, 0.29) is 29.4 Å². The molecule has 2 aromatic rings. The summed E-state index contributed by atoms with van der Waals surface area (Å²) in [6, 6.07) is 0. The molecule has 0 saturated carbocycles. The molecule has 0 radical (unpaired) electrons. The molecule has 20 nitrogen and oxygen atoms in total. The standard InChI is InChI=1S/C28H43ClN6O14P2/c1-2-8-44-10-12-46-14-15-47-13-11-45-9-5-30-26(38)19-3-6-34(7-4-19)24-20-16-31-35(25(20)33-28(29)32-24)27-23(37)22(36)21(49-27)17-48-51(42,43)18-50(39,40)41/h1,16,19,21-23,27,36-37H,3-15,17-18H2,(H,30,38)(H,42,43)(H2,39,40,41)/t21-,22-,23-,27-/m1/s1. The molecule has 4 rings (SSSR count). The second kappa shape index (κ2) is 19.7. The topological polar surface area (TPSA) is 267 Å². The Morgan fingerprint density at radius 3 is 2.25 bits per heavy atom. The number of aromatic nitrogens is 4. The fourth-order valence-corrected chi connectivity index (χ4v) is 8.11. The van der Waals surface area contributed by atoms with E-state index in [0.717, 1.165) is 0 Å². The molecule has 286 valence electrons. The average Bonchev–Trinajstić information content (AvgIpc) is 3.61. The Hall–Kier alpha value is -2.31. The van der Waals surface area contributed by atoms with Gasteiger partial charge in [0.05, 0.1) is 64.4 Å². The van der Waals surface area contributed by atoms with Gasteiger partial charge in [0.2, 0.25) is 11.2 Å². The van der Waals surface area contributed by atoms with E-state index in [1.165, 1.54) is 10.9 Å². The van der Waals surface area contributed by atoms with E-state index in [4.69, 9.17) is 56.0 Å². The number of piperidine rings is 1. The van der Waals surface area contributed by atoms with Crippen molar-refractivity contribution in [2.75, 3.05) is 89.9 Å². The van der Waals surface area contributed by atoms with Gasteiger partial charge in [0.1, 0.15) is 30.7 Å². The van der Waals surface area contributed by atoms with Crippen LogP contribution in [0.2, 0.25) is 5.28 Å². The molecule has 1 amide bonds. The van der Waals surface area contributed by atoms with E-state index < -0.39 is 52.2 Å². The third kappa shape index (κ3) is 12.7. The Morgan fingerprint density at radius 1 is 1.00 bits per heavy atom. The Kier molecular flexibility index (Phi) is 16.0. The average molecular weight is 785 g/mol. The first-order valence-corrected chi connectivity index (χ1v) is 19.9. The summed E-state index contributed by atoms with van der Waals surface area (Å²) in [4.78, 5) is 51.1. The van der Waals surface area contributed by atoms with Crippen LogP contribution >= 0.6 is 26.8 Å². The lowest BCUT2D eigenvalue weighted by Crippen LogP contribution is -2.41. The van der Waals surface area contributed by atoms with Crippen LogP contribution in [0.5, 0.6) is 0 Å². The summed E-state index contributed by atoms with van der Waals surface area (Å²) >= 11 is 6.27. The minimum atomic E-state index is -4.87. The van der Waals surface area contributed by atoms with Crippen molar-refractivity contribution in [3.8, 4) is 12.3 Å². The number of hydrogen-bond acceptors (Lipinski definition) is 15. The highest BCUT2D eigenvalue weighted by atomic mass is 35.5. The molecule has 0 aromatic carbocycles. The van der Waals surface area contributed by atoms with E-state index >= 15 is 0 Å². The van der Waals surface area contributed by atoms with Crippen LogP contribution in [0, 0.1) is 18.3 Å². The van der Waals surface area contributed by atoms with Gasteiger partial charge in [-0.3, -0.25) is 13.9 Å². The van der Waals surface area contributed by atoms with Crippen molar-refractivity contribution in [3.63, 3.8) is 0 Å². The normalized spacial score (nSPS) is 22.6. The van der Waals surface area contributed by atoms with Crippen LogP contribution < -0.4 is 10.2 Å². The number of rotatable bonds is 21. The molecule has 0 bridgehead atoms. The number of fused-ring (bicyclic) bond motifs is 1. The third-order valence-electron chi connectivity index (χ3n) is 7.80. The highest BCUT2D eigenvalue weighted by Crippen LogP contribution is 2.55. The van der Waals surface area contributed by atoms with E-state index in [9.17, 15) is 29.0 Å². The first-order chi connectivity index (χ1) is 24.3. The quantitative estimate of drug-likeness (QED) is 0.0402.